The van der Waals surface area contributed by atoms with Crippen molar-refractivity contribution in [1.82, 2.24) is 10.2 Å². The summed E-state index contributed by atoms with van der Waals surface area (Å²) >= 11 is 0. The first-order chi connectivity index (χ1) is 9.14. The van der Waals surface area contributed by atoms with Gasteiger partial charge in [-0.3, -0.25) is 9.69 Å². The number of nitriles is 1. The predicted molar refractivity (Wildman–Crippen MR) is 74.4 cm³/mol. The van der Waals surface area contributed by atoms with Crippen molar-refractivity contribution < 1.29 is 4.79 Å². The Morgan fingerprint density at radius 2 is 1.95 bits per heavy atom. The van der Waals surface area contributed by atoms with Crippen LogP contribution >= 0.6 is 0 Å². The van der Waals surface area contributed by atoms with E-state index in [1.54, 1.807) is 0 Å². The summed E-state index contributed by atoms with van der Waals surface area (Å²) < 4.78 is 0. The Labute approximate surface area is 116 Å². The molecule has 4 heteroatoms. The molecule has 2 fully saturated rings. The highest BCUT2D eigenvalue weighted by molar-refractivity contribution is 5.82. The zero-order chi connectivity index (χ0) is 13.7. The number of nitrogens with one attached hydrogen (secondary N) is 1. The number of amides is 1. The maximum atomic E-state index is 12.4. The molecule has 1 heterocycles. The Hall–Kier alpha value is -1.08. The molecule has 1 aliphatic carbocycles. The van der Waals surface area contributed by atoms with E-state index in [2.05, 4.69) is 23.2 Å². The number of hydrogen-bond acceptors (Lipinski definition) is 3. The quantitative estimate of drug-likeness (QED) is 0.793. The molecule has 106 valence electrons. The van der Waals surface area contributed by atoms with Crippen molar-refractivity contribution in [2.24, 2.45) is 5.41 Å². The summed E-state index contributed by atoms with van der Waals surface area (Å²) in [6.07, 6.45) is 7.66. The minimum Gasteiger partial charge on any atom is -0.353 e. The zero-order valence-electron chi connectivity index (χ0n) is 12.0. The van der Waals surface area contributed by atoms with Gasteiger partial charge < -0.3 is 5.32 Å². The Balaban J connectivity index is 1.79. The van der Waals surface area contributed by atoms with Gasteiger partial charge in [-0.2, -0.15) is 5.26 Å². The molecule has 1 N–H and O–H groups in total. The molecule has 0 aromatic carbocycles. The van der Waals surface area contributed by atoms with Crippen molar-refractivity contribution in [3.8, 4) is 6.07 Å². The fourth-order valence-electron chi connectivity index (χ4n) is 3.25. The lowest BCUT2D eigenvalue weighted by Gasteiger charge is -2.36. The standard InChI is InChI=1S/C15H25N3O/c1-15(7-3-2-4-8-15)14(19)17-13-5-10-18(11-6-13)12-9-16/h13H,2-8,10-12H2,1H3,(H,17,19). The second-order valence-electron chi connectivity index (χ2n) is 6.30. The fraction of sp³-hybridized carbons (Fsp3) is 0.867. The molecule has 19 heavy (non-hydrogen) atoms. The smallest absolute Gasteiger partial charge is 0.226 e. The number of likely N-dealkylation sites (tertiary alicyclic amines) is 1. The van der Waals surface area contributed by atoms with E-state index in [0.717, 1.165) is 38.8 Å². The molecule has 0 bridgehead atoms. The third-order valence-electron chi connectivity index (χ3n) is 4.72. The molecule has 0 atom stereocenters. The largest absolute Gasteiger partial charge is 0.353 e. The molecule has 2 aliphatic rings. The third kappa shape index (κ3) is 3.70. The van der Waals surface area contributed by atoms with Crippen molar-refractivity contribution >= 4 is 5.91 Å². The first-order valence-electron chi connectivity index (χ1n) is 7.54. The van der Waals surface area contributed by atoms with Crippen molar-refractivity contribution in [3.63, 3.8) is 0 Å². The highest BCUT2D eigenvalue weighted by Gasteiger charge is 2.35. The summed E-state index contributed by atoms with van der Waals surface area (Å²) in [7, 11) is 0. The molecule has 1 amide bonds. The molecule has 0 unspecified atom stereocenters. The van der Waals surface area contributed by atoms with Crippen LogP contribution in [0.3, 0.4) is 0 Å². The van der Waals surface area contributed by atoms with E-state index in [1.807, 2.05) is 0 Å². The molecule has 1 saturated heterocycles. The monoisotopic (exact) mass is 263 g/mol. The molecule has 2 rings (SSSR count). The van der Waals surface area contributed by atoms with Crippen LogP contribution in [-0.4, -0.2) is 36.5 Å². The molecular formula is C15H25N3O. The number of rotatable bonds is 3. The first kappa shape index (κ1) is 14.3. The van der Waals surface area contributed by atoms with Crippen LogP contribution in [-0.2, 0) is 4.79 Å². The van der Waals surface area contributed by atoms with E-state index >= 15 is 0 Å². The molecule has 0 spiro atoms. The maximum absolute atomic E-state index is 12.4. The van der Waals surface area contributed by atoms with Crippen LogP contribution in [0.25, 0.3) is 0 Å². The maximum Gasteiger partial charge on any atom is 0.226 e. The van der Waals surface area contributed by atoms with Gasteiger partial charge in [-0.25, -0.2) is 0 Å². The van der Waals surface area contributed by atoms with Crippen molar-refractivity contribution in [2.45, 2.75) is 57.9 Å². The Morgan fingerprint density at radius 3 is 2.53 bits per heavy atom. The molecule has 0 radical (unpaired) electrons. The van der Waals surface area contributed by atoms with Crippen molar-refractivity contribution in [3.05, 3.63) is 0 Å². The minimum absolute atomic E-state index is 0.137. The van der Waals surface area contributed by atoms with Gasteiger partial charge in [-0.05, 0) is 25.7 Å². The van der Waals surface area contributed by atoms with Gasteiger partial charge in [0.05, 0.1) is 12.6 Å². The van der Waals surface area contributed by atoms with Gasteiger partial charge in [-0.1, -0.05) is 26.2 Å². The summed E-state index contributed by atoms with van der Waals surface area (Å²) in [5.74, 6) is 0.255. The summed E-state index contributed by atoms with van der Waals surface area (Å²) in [6.45, 7) is 4.48. The zero-order valence-corrected chi connectivity index (χ0v) is 12.0. The van der Waals surface area contributed by atoms with Crippen molar-refractivity contribution in [1.29, 1.82) is 5.26 Å². The van der Waals surface area contributed by atoms with Gasteiger partial charge in [-0.15, -0.1) is 0 Å². The Morgan fingerprint density at radius 1 is 1.32 bits per heavy atom. The Bertz CT molecular complexity index is 347. The average molecular weight is 263 g/mol. The summed E-state index contributed by atoms with van der Waals surface area (Å²) in [4.78, 5) is 14.6. The van der Waals surface area contributed by atoms with E-state index < -0.39 is 0 Å². The van der Waals surface area contributed by atoms with E-state index in [-0.39, 0.29) is 11.3 Å². The second-order valence-corrected chi connectivity index (χ2v) is 6.30. The highest BCUT2D eigenvalue weighted by atomic mass is 16.2. The van der Waals surface area contributed by atoms with Gasteiger partial charge in [0, 0.05) is 24.5 Å². The molecule has 1 aliphatic heterocycles. The topological polar surface area (TPSA) is 56.1 Å². The average Bonchev–Trinajstić information content (AvgIpc) is 2.42. The van der Waals surface area contributed by atoms with Crippen molar-refractivity contribution in [2.75, 3.05) is 19.6 Å². The van der Waals surface area contributed by atoms with Crippen LogP contribution in [0.1, 0.15) is 51.9 Å². The normalized spacial score (nSPS) is 24.6. The second kappa shape index (κ2) is 6.38. The third-order valence-corrected chi connectivity index (χ3v) is 4.72. The lowest BCUT2D eigenvalue weighted by atomic mass is 9.75. The number of carbonyl (C=O) groups is 1. The van der Waals surface area contributed by atoms with Gasteiger partial charge in [0.1, 0.15) is 0 Å². The van der Waals surface area contributed by atoms with Crippen LogP contribution in [0.2, 0.25) is 0 Å². The van der Waals surface area contributed by atoms with Gasteiger partial charge >= 0.3 is 0 Å². The van der Waals surface area contributed by atoms with Crippen LogP contribution < -0.4 is 5.32 Å². The lowest BCUT2D eigenvalue weighted by molar-refractivity contribution is -0.133. The number of carbonyl (C=O) groups excluding carboxylic acids is 1. The minimum atomic E-state index is -0.137. The molecule has 0 aromatic heterocycles. The summed E-state index contributed by atoms with van der Waals surface area (Å²) in [5, 5.41) is 11.9. The van der Waals surface area contributed by atoms with Crippen LogP contribution in [0.15, 0.2) is 0 Å². The first-order valence-corrected chi connectivity index (χ1v) is 7.54. The van der Waals surface area contributed by atoms with Gasteiger partial charge in [0.15, 0.2) is 0 Å². The number of hydrogen-bond donors (Lipinski definition) is 1. The van der Waals surface area contributed by atoms with Crippen LogP contribution in [0.4, 0.5) is 0 Å². The predicted octanol–water partition coefficient (Wildman–Crippen LogP) is 2.06. The van der Waals surface area contributed by atoms with Crippen LogP contribution in [0, 0.1) is 16.7 Å². The van der Waals surface area contributed by atoms with E-state index in [1.165, 1.54) is 19.3 Å². The van der Waals surface area contributed by atoms with Gasteiger partial charge in [0.2, 0.25) is 5.91 Å². The SMILES string of the molecule is CC1(C(=O)NC2CCN(CC#N)CC2)CCCCC1. The lowest BCUT2D eigenvalue weighted by Crippen LogP contribution is -2.49. The number of nitrogens with zero attached hydrogens (tertiary/aromatic N) is 2. The van der Waals surface area contributed by atoms with Crippen LogP contribution in [0.5, 0.6) is 0 Å². The molecule has 4 nitrogen and oxygen atoms in total. The molecular weight excluding hydrogens is 238 g/mol. The van der Waals surface area contributed by atoms with E-state index in [9.17, 15) is 4.79 Å². The van der Waals surface area contributed by atoms with E-state index in [0.29, 0.717) is 12.6 Å². The number of piperidine rings is 1. The fourth-order valence-corrected chi connectivity index (χ4v) is 3.25. The Kier molecular flexibility index (Phi) is 4.81. The van der Waals surface area contributed by atoms with E-state index in [4.69, 9.17) is 5.26 Å². The summed E-state index contributed by atoms with van der Waals surface area (Å²) in [5.41, 5.74) is -0.137. The highest BCUT2D eigenvalue weighted by Crippen LogP contribution is 2.36. The molecule has 1 saturated carbocycles. The molecule has 0 aromatic rings. The summed E-state index contributed by atoms with van der Waals surface area (Å²) in [6, 6.07) is 2.50. The van der Waals surface area contributed by atoms with Gasteiger partial charge in [0.25, 0.3) is 0 Å².